The van der Waals surface area contributed by atoms with E-state index in [4.69, 9.17) is 14.2 Å². The molecule has 484 valence electrons. The second-order valence-corrected chi connectivity index (χ2v) is 24.8. The number of allylic oxidation sites excluding steroid dienone is 10. The van der Waals surface area contributed by atoms with Gasteiger partial charge in [-0.3, -0.25) is 14.4 Å². The van der Waals surface area contributed by atoms with Crippen LogP contribution < -0.4 is 0 Å². The van der Waals surface area contributed by atoms with Gasteiger partial charge in [0, 0.05) is 19.3 Å². The quantitative estimate of drug-likeness (QED) is 0.0261. The Hall–Kier alpha value is -2.89. The van der Waals surface area contributed by atoms with E-state index < -0.39 is 6.10 Å². The number of carbonyl (C=O) groups is 3. The Labute approximate surface area is 517 Å². The molecule has 0 saturated carbocycles. The Morgan fingerprint density at radius 2 is 0.470 bits per heavy atom. The third-order valence-electron chi connectivity index (χ3n) is 16.5. The minimum absolute atomic E-state index is 0.0682. The molecule has 0 bridgehead atoms. The van der Waals surface area contributed by atoms with E-state index in [1.54, 1.807) is 0 Å². The normalized spacial score (nSPS) is 12.4. The fraction of sp³-hybridized carbons (Fsp3) is 0.831. The van der Waals surface area contributed by atoms with E-state index in [0.717, 1.165) is 89.9 Å². The minimum Gasteiger partial charge on any atom is -0.462 e. The molecule has 6 nitrogen and oxygen atoms in total. The standard InChI is InChI=1S/C77H140O6/c1-4-7-10-13-16-19-22-25-28-31-34-35-36-37-38-39-40-41-44-46-49-52-55-58-61-64-67-70-76(79)82-73-74(83-77(80)71-68-65-62-59-56-53-50-47-43-33-30-27-24-21-18-15-12-9-6-3)72-81-75(78)69-66-63-60-57-54-51-48-45-42-32-29-26-23-20-17-14-11-8-5-2/h7,10,16,19,25,28,34-35,37-38,74H,4-6,8-9,11-15,17-18,20-24,26-27,29-33,36,39-73H2,1-3H3/b10-7-,19-16-,28-25-,35-34-,38-37-. The van der Waals surface area contributed by atoms with Gasteiger partial charge in [-0.1, -0.05) is 370 Å². The molecular weight excluding hydrogens is 1020 g/mol. The molecular formula is C77H140O6. The molecule has 0 heterocycles. The maximum absolute atomic E-state index is 13.0. The van der Waals surface area contributed by atoms with Crippen LogP contribution in [0.2, 0.25) is 0 Å². The molecule has 0 aliphatic heterocycles. The molecule has 0 aromatic rings. The van der Waals surface area contributed by atoms with Crippen molar-refractivity contribution in [2.75, 3.05) is 13.2 Å². The van der Waals surface area contributed by atoms with Crippen LogP contribution in [0.15, 0.2) is 60.8 Å². The molecule has 0 radical (unpaired) electrons. The smallest absolute Gasteiger partial charge is 0.306 e. The van der Waals surface area contributed by atoms with Crippen molar-refractivity contribution in [3.8, 4) is 0 Å². The third-order valence-corrected chi connectivity index (χ3v) is 16.5. The summed E-state index contributed by atoms with van der Waals surface area (Å²) in [4.78, 5) is 38.5. The van der Waals surface area contributed by atoms with Gasteiger partial charge in [0.1, 0.15) is 13.2 Å². The zero-order valence-corrected chi connectivity index (χ0v) is 55.7. The monoisotopic (exact) mass is 1160 g/mol. The number of rotatable bonds is 68. The lowest BCUT2D eigenvalue weighted by molar-refractivity contribution is -0.167. The first-order chi connectivity index (χ1) is 41.0. The van der Waals surface area contributed by atoms with Gasteiger partial charge in [-0.05, 0) is 64.2 Å². The predicted molar refractivity (Wildman–Crippen MR) is 362 cm³/mol. The molecule has 0 aromatic heterocycles. The molecule has 0 N–H and O–H groups in total. The van der Waals surface area contributed by atoms with Gasteiger partial charge >= 0.3 is 17.9 Å². The van der Waals surface area contributed by atoms with Crippen molar-refractivity contribution in [2.24, 2.45) is 0 Å². The molecule has 0 rings (SSSR count). The first-order valence-electron chi connectivity index (χ1n) is 36.8. The van der Waals surface area contributed by atoms with E-state index in [0.29, 0.717) is 19.3 Å². The van der Waals surface area contributed by atoms with Crippen LogP contribution in [0, 0.1) is 0 Å². The molecule has 0 aliphatic rings. The highest BCUT2D eigenvalue weighted by Crippen LogP contribution is 2.19. The van der Waals surface area contributed by atoms with Gasteiger partial charge in [0.25, 0.3) is 0 Å². The molecule has 1 unspecified atom stereocenters. The summed E-state index contributed by atoms with van der Waals surface area (Å²) < 4.78 is 17.0. The Morgan fingerprint density at radius 1 is 0.253 bits per heavy atom. The summed E-state index contributed by atoms with van der Waals surface area (Å²) in [7, 11) is 0. The Bertz CT molecular complexity index is 1470. The minimum atomic E-state index is -0.773. The largest absolute Gasteiger partial charge is 0.462 e. The summed E-state index contributed by atoms with van der Waals surface area (Å²) >= 11 is 0. The van der Waals surface area contributed by atoms with Crippen LogP contribution in [0.1, 0.15) is 393 Å². The van der Waals surface area contributed by atoms with E-state index in [1.807, 2.05) is 0 Å². The zero-order chi connectivity index (χ0) is 59.9. The van der Waals surface area contributed by atoms with Crippen molar-refractivity contribution in [1.29, 1.82) is 0 Å². The summed E-state index contributed by atoms with van der Waals surface area (Å²) in [6.07, 6.45) is 92.5. The number of hydrogen-bond acceptors (Lipinski definition) is 6. The van der Waals surface area contributed by atoms with Gasteiger partial charge in [-0.15, -0.1) is 0 Å². The highest BCUT2D eigenvalue weighted by Gasteiger charge is 2.19. The Balaban J connectivity index is 4.30. The number of hydrogen-bond donors (Lipinski definition) is 0. The first kappa shape index (κ1) is 80.1. The molecule has 0 amide bonds. The first-order valence-corrected chi connectivity index (χ1v) is 36.8. The lowest BCUT2D eigenvalue weighted by Crippen LogP contribution is -2.30. The van der Waals surface area contributed by atoms with Crippen LogP contribution in [-0.2, 0) is 28.6 Å². The highest BCUT2D eigenvalue weighted by molar-refractivity contribution is 5.71. The maximum atomic E-state index is 13.0. The van der Waals surface area contributed by atoms with Crippen LogP contribution >= 0.6 is 0 Å². The zero-order valence-electron chi connectivity index (χ0n) is 55.7. The van der Waals surface area contributed by atoms with Crippen molar-refractivity contribution < 1.29 is 28.6 Å². The third kappa shape index (κ3) is 69.8. The van der Waals surface area contributed by atoms with E-state index in [1.165, 1.54) is 263 Å². The van der Waals surface area contributed by atoms with Crippen molar-refractivity contribution in [3.63, 3.8) is 0 Å². The average Bonchev–Trinajstić information content (AvgIpc) is 3.50. The second kappa shape index (κ2) is 71.6. The topological polar surface area (TPSA) is 78.9 Å². The molecule has 1 atom stereocenters. The van der Waals surface area contributed by atoms with E-state index in [-0.39, 0.29) is 31.1 Å². The van der Waals surface area contributed by atoms with Gasteiger partial charge in [0.2, 0.25) is 0 Å². The Morgan fingerprint density at radius 3 is 0.735 bits per heavy atom. The van der Waals surface area contributed by atoms with E-state index in [2.05, 4.69) is 81.5 Å². The number of unbranched alkanes of at least 4 members (excludes halogenated alkanes) is 47. The fourth-order valence-corrected chi connectivity index (χ4v) is 11.1. The summed E-state index contributed by atoms with van der Waals surface area (Å²) in [5.74, 6) is -0.840. The van der Waals surface area contributed by atoms with Crippen molar-refractivity contribution in [3.05, 3.63) is 60.8 Å². The van der Waals surface area contributed by atoms with Crippen molar-refractivity contribution in [1.82, 2.24) is 0 Å². The number of ether oxygens (including phenoxy) is 3. The van der Waals surface area contributed by atoms with Crippen LogP contribution in [-0.4, -0.2) is 37.2 Å². The summed E-state index contributed by atoms with van der Waals surface area (Å²) in [5.41, 5.74) is 0. The van der Waals surface area contributed by atoms with Crippen LogP contribution in [0.4, 0.5) is 0 Å². The van der Waals surface area contributed by atoms with Crippen LogP contribution in [0.5, 0.6) is 0 Å². The second-order valence-electron chi connectivity index (χ2n) is 24.8. The van der Waals surface area contributed by atoms with Gasteiger partial charge < -0.3 is 14.2 Å². The SMILES string of the molecule is CC/C=C\C/C=C\C/C=C\C/C=C\C/C=C\CCCCCCCCCCCCCC(=O)OCC(COC(=O)CCCCCCCCCCCCCCCCCCCCC)OC(=O)CCCCCCCCCCCCCCCCCCCCC. The molecule has 6 heteroatoms. The molecule has 0 fully saturated rings. The summed E-state index contributed by atoms with van der Waals surface area (Å²) in [6.45, 7) is 6.61. The van der Waals surface area contributed by atoms with Gasteiger partial charge in [-0.25, -0.2) is 0 Å². The van der Waals surface area contributed by atoms with E-state index in [9.17, 15) is 14.4 Å². The lowest BCUT2D eigenvalue weighted by atomic mass is 10.0. The lowest BCUT2D eigenvalue weighted by Gasteiger charge is -2.18. The number of esters is 3. The summed E-state index contributed by atoms with van der Waals surface area (Å²) in [5, 5.41) is 0. The molecule has 0 aromatic carbocycles. The molecule has 0 spiro atoms. The van der Waals surface area contributed by atoms with Crippen molar-refractivity contribution in [2.45, 2.75) is 399 Å². The Kier molecular flexibility index (Phi) is 69.1. The molecule has 83 heavy (non-hydrogen) atoms. The average molecular weight is 1160 g/mol. The fourth-order valence-electron chi connectivity index (χ4n) is 11.1. The predicted octanol–water partition coefficient (Wildman–Crippen LogP) is 25.5. The van der Waals surface area contributed by atoms with Crippen LogP contribution in [0.3, 0.4) is 0 Å². The van der Waals surface area contributed by atoms with Gasteiger partial charge in [-0.2, -0.15) is 0 Å². The van der Waals surface area contributed by atoms with Crippen LogP contribution in [0.25, 0.3) is 0 Å². The van der Waals surface area contributed by atoms with Gasteiger partial charge in [0.05, 0.1) is 0 Å². The van der Waals surface area contributed by atoms with Gasteiger partial charge in [0.15, 0.2) is 6.10 Å². The summed E-state index contributed by atoms with van der Waals surface area (Å²) in [6, 6.07) is 0. The highest BCUT2D eigenvalue weighted by atomic mass is 16.6. The van der Waals surface area contributed by atoms with Crippen molar-refractivity contribution >= 4 is 17.9 Å². The molecule has 0 aliphatic carbocycles. The number of carbonyl (C=O) groups excluding carboxylic acids is 3. The molecule has 0 saturated heterocycles. The van der Waals surface area contributed by atoms with E-state index >= 15 is 0 Å². The maximum Gasteiger partial charge on any atom is 0.306 e.